The Morgan fingerprint density at radius 2 is 1.61 bits per heavy atom. The molecule has 170 valence electrons. The average molecular weight is 467 g/mol. The van der Waals surface area contributed by atoms with Crippen LogP contribution in [0.2, 0.25) is 0 Å². The van der Waals surface area contributed by atoms with Crippen LogP contribution in [0.3, 0.4) is 0 Å². The molecule has 0 N–H and O–H groups in total. The number of hydrogen-bond acceptors (Lipinski definition) is 7. The van der Waals surface area contributed by atoms with Gasteiger partial charge < -0.3 is 4.74 Å². The van der Waals surface area contributed by atoms with Crippen molar-refractivity contribution in [3.63, 3.8) is 0 Å². The number of ketones is 2. The van der Waals surface area contributed by atoms with Gasteiger partial charge in [-0.1, -0.05) is 29.8 Å². The van der Waals surface area contributed by atoms with E-state index in [2.05, 4.69) is 0 Å². The quantitative estimate of drug-likeness (QED) is 0.262. The molecule has 0 aromatic heterocycles. The van der Waals surface area contributed by atoms with Crippen LogP contribution in [0.1, 0.15) is 32.7 Å². The van der Waals surface area contributed by atoms with Crippen LogP contribution in [0.25, 0.3) is 0 Å². The van der Waals surface area contributed by atoms with Crippen LogP contribution in [0.15, 0.2) is 77.7 Å². The molecule has 3 rings (SSSR count). The first kappa shape index (κ1) is 23.8. The number of ether oxygens (including phenoxy) is 1. The van der Waals surface area contributed by atoms with E-state index in [1.54, 1.807) is 31.2 Å². The summed E-state index contributed by atoms with van der Waals surface area (Å²) >= 11 is 0. The first-order valence-corrected chi connectivity index (χ1v) is 11.4. The SMILES string of the molecule is COc1ccc(C(=O)C[C@@H](C(=O)c2cccc([N+](=O)[O-])c2)S(=O)(=O)c2ccc(C)cc2)cc1. The molecule has 3 aromatic carbocycles. The number of rotatable bonds is 9. The lowest BCUT2D eigenvalue weighted by atomic mass is 10.0. The Labute approximate surface area is 190 Å². The fraction of sp³-hybridized carbons (Fsp3) is 0.167. The summed E-state index contributed by atoms with van der Waals surface area (Å²) in [5.41, 5.74) is 0.526. The lowest BCUT2D eigenvalue weighted by molar-refractivity contribution is -0.384. The molecule has 33 heavy (non-hydrogen) atoms. The van der Waals surface area contributed by atoms with E-state index in [0.717, 1.165) is 11.6 Å². The van der Waals surface area contributed by atoms with E-state index in [1.165, 1.54) is 49.6 Å². The van der Waals surface area contributed by atoms with E-state index in [4.69, 9.17) is 4.74 Å². The standard InChI is InChI=1S/C24H21NO7S/c1-16-6-12-21(13-7-16)33(30,31)23(15-22(26)17-8-10-20(32-2)11-9-17)24(27)18-4-3-5-19(14-18)25(28)29/h3-14,23H,15H2,1-2H3/t23-/m0/s1. The highest BCUT2D eigenvalue weighted by Gasteiger charge is 2.37. The van der Waals surface area contributed by atoms with E-state index < -0.39 is 38.0 Å². The molecule has 0 bridgehead atoms. The smallest absolute Gasteiger partial charge is 0.270 e. The van der Waals surface area contributed by atoms with Crippen molar-refractivity contribution in [1.82, 2.24) is 0 Å². The molecular formula is C24H21NO7S. The highest BCUT2D eigenvalue weighted by molar-refractivity contribution is 7.92. The van der Waals surface area contributed by atoms with Crippen molar-refractivity contribution in [3.05, 3.63) is 99.6 Å². The van der Waals surface area contributed by atoms with E-state index >= 15 is 0 Å². The lowest BCUT2D eigenvalue weighted by Crippen LogP contribution is -2.33. The molecule has 9 heteroatoms. The molecule has 0 aliphatic heterocycles. The molecule has 0 unspecified atom stereocenters. The molecule has 0 saturated carbocycles. The first-order chi connectivity index (χ1) is 15.6. The molecule has 0 radical (unpaired) electrons. The minimum Gasteiger partial charge on any atom is -0.497 e. The van der Waals surface area contributed by atoms with Gasteiger partial charge in [0.1, 0.15) is 11.0 Å². The molecule has 3 aromatic rings. The van der Waals surface area contributed by atoms with Crippen LogP contribution in [0, 0.1) is 17.0 Å². The van der Waals surface area contributed by atoms with Crippen LogP contribution in [-0.2, 0) is 9.84 Å². The van der Waals surface area contributed by atoms with Gasteiger partial charge in [0, 0.05) is 29.7 Å². The number of methoxy groups -OCH3 is 1. The zero-order chi connectivity index (χ0) is 24.2. The second-order valence-electron chi connectivity index (χ2n) is 7.37. The Bertz CT molecular complexity index is 1300. The molecular weight excluding hydrogens is 446 g/mol. The fourth-order valence-electron chi connectivity index (χ4n) is 3.26. The van der Waals surface area contributed by atoms with Gasteiger partial charge in [0.25, 0.3) is 5.69 Å². The number of carbonyl (C=O) groups is 2. The number of non-ortho nitro benzene ring substituents is 1. The summed E-state index contributed by atoms with van der Waals surface area (Å²) in [4.78, 5) is 36.6. The number of nitrogens with zero attached hydrogens (tertiary/aromatic N) is 1. The maximum Gasteiger partial charge on any atom is 0.270 e. The van der Waals surface area contributed by atoms with Crippen molar-refractivity contribution in [2.45, 2.75) is 23.5 Å². The van der Waals surface area contributed by atoms with Gasteiger partial charge >= 0.3 is 0 Å². The van der Waals surface area contributed by atoms with Crippen LogP contribution in [0.4, 0.5) is 5.69 Å². The maximum atomic E-state index is 13.4. The average Bonchev–Trinajstić information content (AvgIpc) is 2.82. The van der Waals surface area contributed by atoms with Gasteiger partial charge in [-0.25, -0.2) is 8.42 Å². The van der Waals surface area contributed by atoms with Gasteiger partial charge in [0.15, 0.2) is 21.4 Å². The number of nitro groups is 1. The third-order valence-electron chi connectivity index (χ3n) is 5.14. The number of sulfone groups is 1. The Morgan fingerprint density at radius 1 is 0.970 bits per heavy atom. The van der Waals surface area contributed by atoms with E-state index in [0.29, 0.717) is 5.75 Å². The number of Topliss-reactive ketones (excluding diaryl/α,β-unsaturated/α-hetero) is 2. The number of carbonyl (C=O) groups excluding carboxylic acids is 2. The topological polar surface area (TPSA) is 121 Å². The van der Waals surface area contributed by atoms with Gasteiger partial charge in [-0.05, 0) is 43.3 Å². The second kappa shape index (κ2) is 9.74. The van der Waals surface area contributed by atoms with E-state index in [-0.39, 0.29) is 21.7 Å². The molecule has 1 atom stereocenters. The van der Waals surface area contributed by atoms with Gasteiger partial charge in [-0.3, -0.25) is 19.7 Å². The lowest BCUT2D eigenvalue weighted by Gasteiger charge is -2.17. The Kier molecular flexibility index (Phi) is 7.03. The molecule has 0 fully saturated rings. The monoisotopic (exact) mass is 467 g/mol. The maximum absolute atomic E-state index is 13.4. The zero-order valence-corrected chi connectivity index (χ0v) is 18.7. The van der Waals surface area contributed by atoms with Crippen molar-refractivity contribution in [2.24, 2.45) is 0 Å². The summed E-state index contributed by atoms with van der Waals surface area (Å²) in [5, 5.41) is 9.37. The number of benzene rings is 3. The Balaban J connectivity index is 2.04. The number of aryl methyl sites for hydroxylation is 1. The highest BCUT2D eigenvalue weighted by Crippen LogP contribution is 2.26. The largest absolute Gasteiger partial charge is 0.497 e. The first-order valence-electron chi connectivity index (χ1n) is 9.90. The highest BCUT2D eigenvalue weighted by atomic mass is 32.2. The van der Waals surface area contributed by atoms with E-state index in [1.807, 2.05) is 0 Å². The van der Waals surface area contributed by atoms with Crippen LogP contribution >= 0.6 is 0 Å². The van der Waals surface area contributed by atoms with Crippen molar-refractivity contribution < 1.29 is 27.7 Å². The summed E-state index contributed by atoms with van der Waals surface area (Å²) in [5.74, 6) is -0.929. The predicted molar refractivity (Wildman–Crippen MR) is 122 cm³/mol. The van der Waals surface area contributed by atoms with Gasteiger partial charge in [0.2, 0.25) is 0 Å². The zero-order valence-electron chi connectivity index (χ0n) is 17.9. The van der Waals surface area contributed by atoms with Crippen molar-refractivity contribution in [1.29, 1.82) is 0 Å². The molecule has 0 amide bonds. The summed E-state index contributed by atoms with van der Waals surface area (Å²) in [6, 6.07) is 16.8. The number of nitro benzene ring substituents is 1. The molecule has 8 nitrogen and oxygen atoms in total. The summed E-state index contributed by atoms with van der Waals surface area (Å²) in [6.07, 6.45) is -0.621. The summed E-state index contributed by atoms with van der Waals surface area (Å²) < 4.78 is 31.9. The molecule has 0 aliphatic rings. The predicted octanol–water partition coefficient (Wildman–Crippen LogP) is 4.21. The third kappa shape index (κ3) is 5.32. The van der Waals surface area contributed by atoms with Crippen molar-refractivity contribution in [2.75, 3.05) is 7.11 Å². The molecule has 0 spiro atoms. The Hall–Kier alpha value is -3.85. The third-order valence-corrected chi connectivity index (χ3v) is 7.20. The van der Waals surface area contributed by atoms with Crippen molar-refractivity contribution in [3.8, 4) is 5.75 Å². The normalized spacial score (nSPS) is 12.1. The van der Waals surface area contributed by atoms with Crippen molar-refractivity contribution >= 4 is 27.1 Å². The van der Waals surface area contributed by atoms with Gasteiger partial charge in [-0.2, -0.15) is 0 Å². The minimum absolute atomic E-state index is 0.112. The molecule has 0 aliphatic carbocycles. The van der Waals surface area contributed by atoms with Gasteiger partial charge in [-0.15, -0.1) is 0 Å². The van der Waals surface area contributed by atoms with Crippen LogP contribution in [0.5, 0.6) is 5.75 Å². The summed E-state index contributed by atoms with van der Waals surface area (Å²) in [6.45, 7) is 1.79. The van der Waals surface area contributed by atoms with Crippen LogP contribution < -0.4 is 4.74 Å². The number of hydrogen-bond donors (Lipinski definition) is 0. The Morgan fingerprint density at radius 3 is 2.18 bits per heavy atom. The minimum atomic E-state index is -4.28. The fourth-order valence-corrected chi connectivity index (χ4v) is 4.89. The van der Waals surface area contributed by atoms with E-state index in [9.17, 15) is 28.1 Å². The molecule has 0 saturated heterocycles. The van der Waals surface area contributed by atoms with Crippen LogP contribution in [-0.4, -0.2) is 37.3 Å². The molecule has 0 heterocycles. The summed E-state index contributed by atoms with van der Waals surface area (Å²) in [7, 11) is -2.81. The second-order valence-corrected chi connectivity index (χ2v) is 9.50. The van der Waals surface area contributed by atoms with Gasteiger partial charge in [0.05, 0.1) is 16.9 Å².